The highest BCUT2D eigenvalue weighted by Gasteiger charge is 2.05. The summed E-state index contributed by atoms with van der Waals surface area (Å²) in [6, 6.07) is 11.8. The van der Waals surface area contributed by atoms with Gasteiger partial charge >= 0.3 is 0 Å². The van der Waals surface area contributed by atoms with Crippen molar-refractivity contribution in [2.75, 3.05) is 13.3 Å². The molecule has 0 aliphatic rings. The van der Waals surface area contributed by atoms with E-state index in [0.29, 0.717) is 13.0 Å². The molecule has 0 aliphatic carbocycles. The van der Waals surface area contributed by atoms with Crippen LogP contribution >= 0.6 is 22.6 Å². The molecule has 0 N–H and O–H groups in total. The molecule has 0 radical (unpaired) electrons. The zero-order valence-corrected chi connectivity index (χ0v) is 13.5. The number of fused-ring (bicyclic) bond motifs is 1. The lowest BCUT2D eigenvalue weighted by Crippen LogP contribution is -1.97. The van der Waals surface area contributed by atoms with E-state index in [-0.39, 0.29) is 6.67 Å². The lowest BCUT2D eigenvalue weighted by molar-refractivity contribution is 0.289. The van der Waals surface area contributed by atoms with E-state index in [1.54, 1.807) is 0 Å². The summed E-state index contributed by atoms with van der Waals surface area (Å²) in [5.41, 5.74) is 2.88. The Morgan fingerprint density at radius 2 is 1.90 bits per heavy atom. The molecule has 0 spiro atoms. The van der Waals surface area contributed by atoms with E-state index in [4.69, 9.17) is 4.74 Å². The Balaban J connectivity index is 1.81. The topological polar surface area (TPSA) is 26.5 Å². The first-order valence-corrected chi connectivity index (χ1v) is 7.77. The van der Waals surface area contributed by atoms with Crippen LogP contribution in [0.5, 0.6) is 5.75 Å². The second-order valence-corrected chi connectivity index (χ2v) is 5.90. The summed E-state index contributed by atoms with van der Waals surface area (Å²) in [5.74, 6) is 0.755. The smallest absolute Gasteiger partial charge is 0.137 e. The van der Waals surface area contributed by atoms with E-state index in [2.05, 4.69) is 27.6 Å². The standard InChI is InChI=1S/C16H14FIN2O/c17-8-1-9-21-14-5-2-12(3-6-14)15-11-20-10-13(18)4-7-16(20)19-15/h2-7,10-11H,1,8-9H2. The highest BCUT2D eigenvalue weighted by molar-refractivity contribution is 14.1. The Morgan fingerprint density at radius 1 is 1.10 bits per heavy atom. The number of hydrogen-bond donors (Lipinski definition) is 0. The molecule has 3 rings (SSSR count). The fourth-order valence-corrected chi connectivity index (χ4v) is 2.55. The van der Waals surface area contributed by atoms with Crippen molar-refractivity contribution in [3.8, 4) is 17.0 Å². The summed E-state index contributed by atoms with van der Waals surface area (Å²) < 4.78 is 20.6. The largest absolute Gasteiger partial charge is 0.493 e. The SMILES string of the molecule is FCCCOc1ccc(-c2cn3cc(I)ccc3n2)cc1. The predicted octanol–water partition coefficient (Wildman–Crippen LogP) is 4.34. The van der Waals surface area contributed by atoms with Crippen molar-refractivity contribution in [2.45, 2.75) is 6.42 Å². The minimum absolute atomic E-state index is 0.349. The molecule has 2 heterocycles. The molecular weight excluding hydrogens is 382 g/mol. The fourth-order valence-electron chi connectivity index (χ4n) is 2.07. The zero-order chi connectivity index (χ0) is 14.7. The predicted molar refractivity (Wildman–Crippen MR) is 89.4 cm³/mol. The van der Waals surface area contributed by atoms with Crippen molar-refractivity contribution >= 4 is 28.2 Å². The highest BCUT2D eigenvalue weighted by atomic mass is 127. The van der Waals surface area contributed by atoms with Gasteiger partial charge in [-0.05, 0) is 59.0 Å². The highest BCUT2D eigenvalue weighted by Crippen LogP contribution is 2.22. The summed E-state index contributed by atoms with van der Waals surface area (Å²) in [6.45, 7) is 0.0563. The molecular formula is C16H14FIN2O. The number of benzene rings is 1. The molecule has 3 nitrogen and oxygen atoms in total. The average Bonchev–Trinajstić information content (AvgIpc) is 2.91. The molecule has 0 saturated heterocycles. The van der Waals surface area contributed by atoms with Gasteiger partial charge in [-0.15, -0.1) is 0 Å². The third-order valence-electron chi connectivity index (χ3n) is 3.11. The lowest BCUT2D eigenvalue weighted by atomic mass is 10.2. The molecule has 0 unspecified atom stereocenters. The first kappa shape index (κ1) is 14.3. The zero-order valence-electron chi connectivity index (χ0n) is 11.3. The van der Waals surface area contributed by atoms with Crippen molar-refractivity contribution < 1.29 is 9.13 Å². The molecule has 1 aromatic carbocycles. The first-order valence-electron chi connectivity index (χ1n) is 6.70. The Kier molecular flexibility index (Phi) is 4.38. The van der Waals surface area contributed by atoms with Gasteiger partial charge in [0.15, 0.2) is 0 Å². The van der Waals surface area contributed by atoms with E-state index in [1.165, 1.54) is 3.57 Å². The Bertz CT molecular complexity index is 740. The van der Waals surface area contributed by atoms with Crippen LogP contribution in [0.2, 0.25) is 0 Å². The molecule has 2 aromatic heterocycles. The van der Waals surface area contributed by atoms with E-state index < -0.39 is 0 Å². The summed E-state index contributed by atoms with van der Waals surface area (Å²) in [7, 11) is 0. The normalized spacial score (nSPS) is 11.0. The van der Waals surface area contributed by atoms with Crippen molar-refractivity contribution in [3.05, 3.63) is 52.4 Å². The molecule has 0 atom stereocenters. The minimum atomic E-state index is -0.349. The number of ether oxygens (including phenoxy) is 1. The van der Waals surface area contributed by atoms with Gasteiger partial charge in [0.1, 0.15) is 11.4 Å². The van der Waals surface area contributed by atoms with Gasteiger partial charge in [-0.2, -0.15) is 0 Å². The molecule has 0 aliphatic heterocycles. The maximum Gasteiger partial charge on any atom is 0.137 e. The molecule has 108 valence electrons. The van der Waals surface area contributed by atoms with Crippen molar-refractivity contribution in [3.63, 3.8) is 0 Å². The second kappa shape index (κ2) is 6.43. The number of hydrogen-bond acceptors (Lipinski definition) is 2. The number of rotatable bonds is 5. The molecule has 0 amide bonds. The van der Waals surface area contributed by atoms with Crippen LogP contribution in [0, 0.1) is 3.57 Å². The summed E-state index contributed by atoms with van der Waals surface area (Å²) in [5, 5.41) is 0. The quantitative estimate of drug-likeness (QED) is 0.474. The van der Waals surface area contributed by atoms with Gasteiger partial charge in [0.25, 0.3) is 0 Å². The van der Waals surface area contributed by atoms with Crippen LogP contribution in [0.4, 0.5) is 4.39 Å². The third kappa shape index (κ3) is 3.34. The number of halogens is 2. The summed E-state index contributed by atoms with van der Waals surface area (Å²) in [4.78, 5) is 4.60. The molecule has 0 saturated carbocycles. The Labute approximate surface area is 135 Å². The van der Waals surface area contributed by atoms with Gasteiger partial charge < -0.3 is 9.14 Å². The van der Waals surface area contributed by atoms with E-state index >= 15 is 0 Å². The molecule has 3 aromatic rings. The Morgan fingerprint density at radius 3 is 2.67 bits per heavy atom. The maximum atomic E-state index is 12.0. The molecule has 5 heteroatoms. The second-order valence-electron chi connectivity index (χ2n) is 4.65. The van der Waals surface area contributed by atoms with Crippen molar-refractivity contribution in [2.24, 2.45) is 0 Å². The molecule has 21 heavy (non-hydrogen) atoms. The van der Waals surface area contributed by atoms with Gasteiger partial charge in [-0.25, -0.2) is 4.98 Å². The Hall–Kier alpha value is -1.63. The van der Waals surface area contributed by atoms with Crippen LogP contribution in [0.1, 0.15) is 6.42 Å². The van der Waals surface area contributed by atoms with Crippen LogP contribution in [0.15, 0.2) is 48.8 Å². The number of imidazole rings is 1. The fraction of sp³-hybridized carbons (Fsp3) is 0.188. The first-order chi connectivity index (χ1) is 10.3. The van der Waals surface area contributed by atoms with Crippen LogP contribution in [0.3, 0.4) is 0 Å². The molecule has 0 bridgehead atoms. The average molecular weight is 396 g/mol. The minimum Gasteiger partial charge on any atom is -0.493 e. The monoisotopic (exact) mass is 396 g/mol. The lowest BCUT2D eigenvalue weighted by Gasteiger charge is -2.04. The number of nitrogens with zero attached hydrogens (tertiary/aromatic N) is 2. The van der Waals surface area contributed by atoms with Gasteiger partial charge in [0, 0.05) is 27.9 Å². The van der Waals surface area contributed by atoms with E-state index in [9.17, 15) is 4.39 Å². The molecule has 0 fully saturated rings. The van der Waals surface area contributed by atoms with Crippen molar-refractivity contribution in [1.29, 1.82) is 0 Å². The van der Waals surface area contributed by atoms with Crippen LogP contribution in [-0.4, -0.2) is 22.7 Å². The van der Waals surface area contributed by atoms with Crippen molar-refractivity contribution in [1.82, 2.24) is 9.38 Å². The van der Waals surface area contributed by atoms with E-state index in [1.807, 2.05) is 53.2 Å². The number of aromatic nitrogens is 2. The third-order valence-corrected chi connectivity index (χ3v) is 3.75. The van der Waals surface area contributed by atoms with Gasteiger partial charge in [0.2, 0.25) is 0 Å². The van der Waals surface area contributed by atoms with Gasteiger partial charge in [0.05, 0.1) is 19.0 Å². The van der Waals surface area contributed by atoms with E-state index in [0.717, 1.165) is 22.7 Å². The number of alkyl halides is 1. The van der Waals surface area contributed by atoms with Crippen LogP contribution < -0.4 is 4.74 Å². The maximum absolute atomic E-state index is 12.0. The number of pyridine rings is 1. The summed E-state index contributed by atoms with van der Waals surface area (Å²) in [6.07, 6.45) is 4.48. The van der Waals surface area contributed by atoms with Gasteiger partial charge in [-0.1, -0.05) is 0 Å². The van der Waals surface area contributed by atoms with Gasteiger partial charge in [-0.3, -0.25) is 4.39 Å². The van der Waals surface area contributed by atoms with Crippen LogP contribution in [-0.2, 0) is 0 Å². The summed E-state index contributed by atoms with van der Waals surface area (Å²) >= 11 is 2.28. The van der Waals surface area contributed by atoms with Crippen LogP contribution in [0.25, 0.3) is 16.9 Å².